The fraction of sp³-hybridized carbons (Fsp3) is 0.333. The van der Waals surface area contributed by atoms with Crippen LogP contribution in [0.25, 0.3) is 0 Å². The van der Waals surface area contributed by atoms with E-state index in [9.17, 15) is 13.2 Å². The normalized spacial score (nSPS) is 24.9. The van der Waals surface area contributed by atoms with Gasteiger partial charge in [0.1, 0.15) is 11.7 Å². The van der Waals surface area contributed by atoms with Crippen molar-refractivity contribution in [3.05, 3.63) is 28.8 Å². The summed E-state index contributed by atoms with van der Waals surface area (Å²) < 4.78 is 42.3. The van der Waals surface area contributed by atoms with Gasteiger partial charge in [-0.3, -0.25) is 0 Å². The van der Waals surface area contributed by atoms with Crippen molar-refractivity contribution in [2.45, 2.75) is 18.4 Å². The third-order valence-electron chi connectivity index (χ3n) is 2.19. The summed E-state index contributed by atoms with van der Waals surface area (Å²) in [6.07, 6.45) is -6.44. The van der Waals surface area contributed by atoms with Crippen LogP contribution in [0, 0.1) is 0 Å². The van der Waals surface area contributed by atoms with Crippen LogP contribution in [0.3, 0.4) is 0 Å². The average molecular weight is 239 g/mol. The van der Waals surface area contributed by atoms with E-state index in [2.05, 4.69) is 4.74 Å². The van der Waals surface area contributed by atoms with Gasteiger partial charge < -0.3 is 9.84 Å². The van der Waals surface area contributed by atoms with Gasteiger partial charge in [-0.2, -0.15) is 13.2 Å². The molecule has 1 heterocycles. The Hall–Kier alpha value is -0.940. The number of ether oxygens (including phenoxy) is 1. The lowest BCUT2D eigenvalue weighted by Gasteiger charge is -2.16. The van der Waals surface area contributed by atoms with Crippen LogP contribution in [-0.4, -0.2) is 17.6 Å². The van der Waals surface area contributed by atoms with Gasteiger partial charge in [0.2, 0.25) is 6.29 Å². The van der Waals surface area contributed by atoms with Crippen molar-refractivity contribution >= 4 is 11.6 Å². The van der Waals surface area contributed by atoms with Crippen molar-refractivity contribution in [1.29, 1.82) is 0 Å². The summed E-state index contributed by atoms with van der Waals surface area (Å²) in [6.45, 7) is 0. The van der Waals surface area contributed by atoms with Gasteiger partial charge in [-0.1, -0.05) is 11.6 Å². The van der Waals surface area contributed by atoms with Crippen LogP contribution in [0.2, 0.25) is 5.02 Å². The van der Waals surface area contributed by atoms with Crippen molar-refractivity contribution in [3.8, 4) is 5.75 Å². The van der Waals surface area contributed by atoms with Crippen molar-refractivity contribution in [2.75, 3.05) is 0 Å². The van der Waals surface area contributed by atoms with E-state index in [1.165, 1.54) is 12.1 Å². The van der Waals surface area contributed by atoms with E-state index in [0.717, 1.165) is 6.07 Å². The molecule has 2 rings (SSSR count). The maximum Gasteiger partial charge on any atom is 0.401 e. The molecule has 0 aliphatic carbocycles. The maximum atomic E-state index is 12.5. The molecule has 1 aromatic carbocycles. The van der Waals surface area contributed by atoms with Crippen molar-refractivity contribution in [3.63, 3.8) is 0 Å². The van der Waals surface area contributed by atoms with Crippen molar-refractivity contribution in [2.24, 2.45) is 0 Å². The molecule has 15 heavy (non-hydrogen) atoms. The Morgan fingerprint density at radius 2 is 2.00 bits per heavy atom. The van der Waals surface area contributed by atoms with Crippen LogP contribution in [0.1, 0.15) is 11.5 Å². The molecule has 2 nitrogen and oxygen atoms in total. The van der Waals surface area contributed by atoms with Gasteiger partial charge in [0.05, 0.1) is 0 Å². The van der Waals surface area contributed by atoms with Crippen molar-refractivity contribution < 1.29 is 23.0 Å². The van der Waals surface area contributed by atoms with Gasteiger partial charge in [0, 0.05) is 10.6 Å². The maximum absolute atomic E-state index is 12.5. The van der Waals surface area contributed by atoms with E-state index in [-0.39, 0.29) is 16.3 Å². The lowest BCUT2D eigenvalue weighted by molar-refractivity contribution is -0.191. The highest BCUT2D eigenvalue weighted by molar-refractivity contribution is 6.30. The summed E-state index contributed by atoms with van der Waals surface area (Å²) in [5.41, 5.74) is -0.123. The van der Waals surface area contributed by atoms with Gasteiger partial charge in [-0.15, -0.1) is 0 Å². The molecule has 1 aliphatic rings. The molecule has 0 saturated heterocycles. The van der Waals surface area contributed by atoms with Crippen LogP contribution in [0.4, 0.5) is 13.2 Å². The Balaban J connectivity index is 2.49. The van der Waals surface area contributed by atoms with Gasteiger partial charge >= 0.3 is 6.18 Å². The number of benzene rings is 1. The molecule has 1 N–H and O–H groups in total. The Kier molecular flexibility index (Phi) is 2.31. The van der Waals surface area contributed by atoms with E-state index >= 15 is 0 Å². The molecular weight excluding hydrogens is 233 g/mol. The SMILES string of the molecule is OC1Oc2ccc(Cl)cc2C1C(F)(F)F. The highest BCUT2D eigenvalue weighted by atomic mass is 35.5. The zero-order chi connectivity index (χ0) is 11.2. The highest BCUT2D eigenvalue weighted by Gasteiger charge is 2.51. The summed E-state index contributed by atoms with van der Waals surface area (Å²) in [4.78, 5) is 0. The summed E-state index contributed by atoms with van der Waals surface area (Å²) >= 11 is 5.58. The minimum atomic E-state index is -4.55. The molecule has 1 aliphatic heterocycles. The number of alkyl halides is 3. The first-order chi connectivity index (χ1) is 6.89. The predicted octanol–water partition coefficient (Wildman–Crippen LogP) is 2.70. The third-order valence-corrected chi connectivity index (χ3v) is 2.43. The van der Waals surface area contributed by atoms with Crippen molar-refractivity contribution in [1.82, 2.24) is 0 Å². The quantitative estimate of drug-likeness (QED) is 0.753. The Morgan fingerprint density at radius 3 is 2.60 bits per heavy atom. The highest BCUT2D eigenvalue weighted by Crippen LogP contribution is 2.47. The minimum Gasteiger partial charge on any atom is -0.464 e. The van der Waals surface area contributed by atoms with E-state index in [4.69, 9.17) is 16.7 Å². The molecule has 2 atom stereocenters. The Labute approximate surface area is 88.2 Å². The molecule has 0 spiro atoms. The first-order valence-corrected chi connectivity index (χ1v) is 4.48. The van der Waals surface area contributed by atoms with Gasteiger partial charge in [-0.25, -0.2) is 0 Å². The van der Waals surface area contributed by atoms with E-state index in [1.807, 2.05) is 0 Å². The molecule has 1 aromatic rings. The van der Waals surface area contributed by atoms with E-state index in [0.29, 0.717) is 0 Å². The fourth-order valence-corrected chi connectivity index (χ4v) is 1.74. The number of aliphatic hydroxyl groups is 1. The third kappa shape index (κ3) is 1.77. The van der Waals surface area contributed by atoms with E-state index in [1.54, 1.807) is 0 Å². The van der Waals surface area contributed by atoms with Crippen LogP contribution < -0.4 is 4.74 Å². The zero-order valence-corrected chi connectivity index (χ0v) is 8.01. The molecule has 82 valence electrons. The summed E-state index contributed by atoms with van der Waals surface area (Å²) in [5.74, 6) is -2.00. The standard InChI is InChI=1S/C9H6ClF3O2/c10-4-1-2-6-5(3-4)7(8(14)15-6)9(11,12)13/h1-3,7-8,14H. The number of aliphatic hydroxyl groups excluding tert-OH is 1. The molecule has 6 heteroatoms. The minimum absolute atomic E-state index is 0.0224. The molecular formula is C9H6ClF3O2. The van der Waals surface area contributed by atoms with Crippen LogP contribution >= 0.6 is 11.6 Å². The zero-order valence-electron chi connectivity index (χ0n) is 7.25. The number of rotatable bonds is 0. The van der Waals surface area contributed by atoms with Gasteiger partial charge in [0.15, 0.2) is 0 Å². The second-order valence-corrected chi connectivity index (χ2v) is 3.65. The Bertz CT molecular complexity index is 391. The summed E-state index contributed by atoms with van der Waals surface area (Å²) in [7, 11) is 0. The molecule has 0 radical (unpaired) electrons. The Morgan fingerprint density at radius 1 is 1.33 bits per heavy atom. The molecule has 0 bridgehead atoms. The first kappa shape index (κ1) is 10.6. The molecule has 0 amide bonds. The van der Waals surface area contributed by atoms with Gasteiger partial charge in [0.25, 0.3) is 0 Å². The average Bonchev–Trinajstić information content (AvgIpc) is 2.38. The monoisotopic (exact) mass is 238 g/mol. The largest absolute Gasteiger partial charge is 0.464 e. The molecule has 0 aromatic heterocycles. The summed E-state index contributed by atoms with van der Waals surface area (Å²) in [5, 5.41) is 9.33. The molecule has 0 fully saturated rings. The predicted molar refractivity (Wildman–Crippen MR) is 46.9 cm³/mol. The first-order valence-electron chi connectivity index (χ1n) is 4.10. The van der Waals surface area contributed by atoms with Crippen LogP contribution in [0.15, 0.2) is 18.2 Å². The second kappa shape index (κ2) is 3.28. The smallest absolute Gasteiger partial charge is 0.401 e. The molecule has 2 unspecified atom stereocenters. The van der Waals surface area contributed by atoms with Gasteiger partial charge in [-0.05, 0) is 18.2 Å². The lowest BCUT2D eigenvalue weighted by Crippen LogP contribution is -2.30. The second-order valence-electron chi connectivity index (χ2n) is 3.21. The fourth-order valence-electron chi connectivity index (χ4n) is 1.56. The number of fused-ring (bicyclic) bond motifs is 1. The van der Waals surface area contributed by atoms with E-state index < -0.39 is 18.4 Å². The van der Waals surface area contributed by atoms with Crippen LogP contribution in [-0.2, 0) is 0 Å². The van der Waals surface area contributed by atoms with Crippen LogP contribution in [0.5, 0.6) is 5.75 Å². The topological polar surface area (TPSA) is 29.5 Å². The lowest BCUT2D eigenvalue weighted by atomic mass is 10.00. The summed E-state index contributed by atoms with van der Waals surface area (Å²) in [6, 6.07) is 3.88. The number of hydrogen-bond donors (Lipinski definition) is 1. The number of halogens is 4. The number of hydrogen-bond acceptors (Lipinski definition) is 2. The molecule has 0 saturated carbocycles.